The van der Waals surface area contributed by atoms with Crippen molar-refractivity contribution in [2.75, 3.05) is 12.0 Å². The molecule has 0 aliphatic carbocycles. The molecule has 0 atom stereocenters. The molecule has 0 saturated carbocycles. The molecular formula is C20H25ClN4O2. The van der Waals surface area contributed by atoms with E-state index in [1.807, 2.05) is 38.1 Å². The molecule has 2 aromatic rings. The van der Waals surface area contributed by atoms with E-state index >= 15 is 0 Å². The molecular weight excluding hydrogens is 364 g/mol. The molecule has 0 spiro atoms. The van der Waals surface area contributed by atoms with Crippen molar-refractivity contribution in [2.24, 2.45) is 0 Å². The Balaban J connectivity index is 2.25. The number of nitrogens with zero attached hydrogens (tertiary/aromatic N) is 4. The van der Waals surface area contributed by atoms with E-state index in [9.17, 15) is 4.79 Å². The number of rotatable bonds is 4. The van der Waals surface area contributed by atoms with Gasteiger partial charge in [0.1, 0.15) is 17.3 Å². The number of benzene rings is 1. The topological polar surface area (TPSA) is 58.6 Å². The van der Waals surface area contributed by atoms with Gasteiger partial charge in [0.25, 0.3) is 5.91 Å². The van der Waals surface area contributed by atoms with Crippen molar-refractivity contribution in [3.05, 3.63) is 40.8 Å². The summed E-state index contributed by atoms with van der Waals surface area (Å²) >= 11 is 6.23. The van der Waals surface area contributed by atoms with Gasteiger partial charge in [0.15, 0.2) is 0 Å². The van der Waals surface area contributed by atoms with Crippen LogP contribution in [0.5, 0.6) is 5.75 Å². The summed E-state index contributed by atoms with van der Waals surface area (Å²) in [5, 5.41) is 0.0619. The van der Waals surface area contributed by atoms with Crippen LogP contribution in [0.1, 0.15) is 50.7 Å². The summed E-state index contributed by atoms with van der Waals surface area (Å²) in [6.07, 6.45) is 0. The van der Waals surface area contributed by atoms with Crippen molar-refractivity contribution in [3.63, 3.8) is 0 Å². The number of fused-ring (bicyclic) bond motifs is 1. The molecule has 0 radical (unpaired) electrons. The summed E-state index contributed by atoms with van der Waals surface area (Å²) in [5.74, 6) is 1.25. The maximum atomic E-state index is 12.8. The summed E-state index contributed by atoms with van der Waals surface area (Å²) in [6.45, 7) is 10.7. The number of aromatic nitrogens is 2. The number of methoxy groups -OCH3 is 1. The normalized spacial score (nSPS) is 13.9. The number of carbonyl (C=O) groups is 1. The van der Waals surface area contributed by atoms with E-state index in [2.05, 4.69) is 35.6 Å². The standard InChI is InChI=1S/C20H25ClN4O2/c1-12(2)24-11-13-16(18(24)26)22-19(21)23-17(13)25(20(3,4)5)14-9-7-8-10-15(14)27-6/h7-10,12H,11H2,1-6H3. The molecule has 1 aromatic carbocycles. The summed E-state index contributed by atoms with van der Waals surface area (Å²) in [5.41, 5.74) is 1.69. The SMILES string of the molecule is COc1ccccc1N(c1nc(Cl)nc2c1CN(C(C)C)C2=O)C(C)(C)C. The second-order valence-electron chi connectivity index (χ2n) is 7.85. The zero-order valence-corrected chi connectivity index (χ0v) is 17.3. The van der Waals surface area contributed by atoms with Crippen LogP contribution >= 0.6 is 11.6 Å². The van der Waals surface area contributed by atoms with Crippen molar-refractivity contribution >= 4 is 29.0 Å². The van der Waals surface area contributed by atoms with Gasteiger partial charge in [-0.05, 0) is 58.4 Å². The third kappa shape index (κ3) is 3.46. The summed E-state index contributed by atoms with van der Waals surface area (Å²) in [6, 6.07) is 7.81. The Morgan fingerprint density at radius 1 is 1.22 bits per heavy atom. The monoisotopic (exact) mass is 388 g/mol. The molecule has 2 heterocycles. The largest absolute Gasteiger partial charge is 0.495 e. The molecule has 1 aromatic heterocycles. The summed E-state index contributed by atoms with van der Waals surface area (Å²) in [7, 11) is 1.64. The highest BCUT2D eigenvalue weighted by molar-refractivity contribution is 6.28. The van der Waals surface area contributed by atoms with Crippen LogP contribution in [0.15, 0.2) is 24.3 Å². The molecule has 0 N–H and O–H groups in total. The van der Waals surface area contributed by atoms with Crippen LogP contribution in [0.3, 0.4) is 0 Å². The van der Waals surface area contributed by atoms with Crippen LogP contribution in [0, 0.1) is 0 Å². The fourth-order valence-corrected chi connectivity index (χ4v) is 3.52. The van der Waals surface area contributed by atoms with Crippen LogP contribution in [-0.4, -0.2) is 39.5 Å². The molecule has 6 nitrogen and oxygen atoms in total. The van der Waals surface area contributed by atoms with Crippen molar-refractivity contribution in [3.8, 4) is 5.75 Å². The number of halogens is 1. The highest BCUT2D eigenvalue weighted by Gasteiger charge is 2.38. The fourth-order valence-electron chi connectivity index (χ4n) is 3.36. The lowest BCUT2D eigenvalue weighted by Crippen LogP contribution is -2.39. The van der Waals surface area contributed by atoms with E-state index < -0.39 is 0 Å². The molecule has 1 aliphatic rings. The van der Waals surface area contributed by atoms with Crippen molar-refractivity contribution in [1.29, 1.82) is 0 Å². The van der Waals surface area contributed by atoms with Gasteiger partial charge in [-0.25, -0.2) is 4.98 Å². The lowest BCUT2D eigenvalue weighted by atomic mass is 10.0. The maximum absolute atomic E-state index is 12.8. The number of ether oxygens (including phenoxy) is 1. The number of amides is 1. The maximum Gasteiger partial charge on any atom is 0.273 e. The van der Waals surface area contributed by atoms with Crippen LogP contribution in [0.25, 0.3) is 0 Å². The van der Waals surface area contributed by atoms with Gasteiger partial charge < -0.3 is 14.5 Å². The minimum absolute atomic E-state index is 0.0619. The average molecular weight is 389 g/mol. The first kappa shape index (κ1) is 19.4. The smallest absolute Gasteiger partial charge is 0.273 e. The molecule has 0 bridgehead atoms. The molecule has 1 aliphatic heterocycles. The van der Waals surface area contributed by atoms with Crippen molar-refractivity contribution in [2.45, 2.75) is 52.7 Å². The Morgan fingerprint density at radius 3 is 2.48 bits per heavy atom. The lowest BCUT2D eigenvalue weighted by Gasteiger charge is -2.38. The number of hydrogen-bond donors (Lipinski definition) is 0. The van der Waals surface area contributed by atoms with E-state index in [-0.39, 0.29) is 22.8 Å². The second kappa shape index (κ2) is 7.00. The Kier molecular flexibility index (Phi) is 5.04. The molecule has 144 valence electrons. The minimum Gasteiger partial charge on any atom is -0.495 e. The Morgan fingerprint density at radius 2 is 1.89 bits per heavy atom. The molecule has 1 amide bonds. The van der Waals surface area contributed by atoms with E-state index in [1.54, 1.807) is 12.0 Å². The molecule has 0 unspecified atom stereocenters. The highest BCUT2D eigenvalue weighted by Crippen LogP contribution is 2.42. The predicted molar refractivity (Wildman–Crippen MR) is 107 cm³/mol. The number of anilines is 2. The fraction of sp³-hybridized carbons (Fsp3) is 0.450. The Hall–Kier alpha value is -2.34. The van der Waals surface area contributed by atoms with Crippen LogP contribution < -0.4 is 9.64 Å². The molecule has 0 saturated heterocycles. The summed E-state index contributed by atoms with van der Waals surface area (Å²) in [4.78, 5) is 25.4. The first-order chi connectivity index (χ1) is 12.6. The Labute approximate surface area is 165 Å². The molecule has 27 heavy (non-hydrogen) atoms. The Bertz CT molecular complexity index is 877. The van der Waals surface area contributed by atoms with Gasteiger partial charge in [-0.3, -0.25) is 4.79 Å². The van der Waals surface area contributed by atoms with Gasteiger partial charge >= 0.3 is 0 Å². The van der Waals surface area contributed by atoms with E-state index in [0.29, 0.717) is 18.1 Å². The van der Waals surface area contributed by atoms with Gasteiger partial charge in [0.05, 0.1) is 19.3 Å². The van der Waals surface area contributed by atoms with Crippen LogP contribution in [0.2, 0.25) is 5.28 Å². The molecule has 7 heteroatoms. The van der Waals surface area contributed by atoms with Crippen molar-refractivity contribution in [1.82, 2.24) is 14.9 Å². The average Bonchev–Trinajstić information content (AvgIpc) is 2.91. The zero-order valence-electron chi connectivity index (χ0n) is 16.6. The zero-order chi connectivity index (χ0) is 19.9. The van der Waals surface area contributed by atoms with Gasteiger partial charge in [-0.2, -0.15) is 4.98 Å². The van der Waals surface area contributed by atoms with E-state index in [4.69, 9.17) is 16.3 Å². The third-order valence-electron chi connectivity index (χ3n) is 4.58. The van der Waals surface area contributed by atoms with Crippen molar-refractivity contribution < 1.29 is 9.53 Å². The van der Waals surface area contributed by atoms with Crippen LogP contribution in [-0.2, 0) is 6.54 Å². The number of hydrogen-bond acceptors (Lipinski definition) is 5. The van der Waals surface area contributed by atoms with Gasteiger partial charge in [-0.1, -0.05) is 12.1 Å². The van der Waals surface area contributed by atoms with Gasteiger partial charge in [0, 0.05) is 17.1 Å². The lowest BCUT2D eigenvalue weighted by molar-refractivity contribution is 0.0726. The van der Waals surface area contributed by atoms with E-state index in [1.165, 1.54) is 0 Å². The number of carbonyl (C=O) groups excluding carboxylic acids is 1. The predicted octanol–water partition coefficient (Wildman–Crippen LogP) is 4.44. The second-order valence-corrected chi connectivity index (χ2v) is 8.19. The number of para-hydroxylation sites is 2. The summed E-state index contributed by atoms with van der Waals surface area (Å²) < 4.78 is 5.58. The molecule has 0 fully saturated rings. The first-order valence-electron chi connectivity index (χ1n) is 8.95. The first-order valence-corrected chi connectivity index (χ1v) is 9.33. The third-order valence-corrected chi connectivity index (χ3v) is 4.75. The minimum atomic E-state index is -0.339. The quantitative estimate of drug-likeness (QED) is 0.724. The molecule has 3 rings (SSSR count). The van der Waals surface area contributed by atoms with E-state index in [0.717, 1.165) is 17.0 Å². The van der Waals surface area contributed by atoms with Gasteiger partial charge in [-0.15, -0.1) is 0 Å². The van der Waals surface area contributed by atoms with Gasteiger partial charge in [0.2, 0.25) is 5.28 Å². The highest BCUT2D eigenvalue weighted by atomic mass is 35.5. The van der Waals surface area contributed by atoms with Crippen LogP contribution in [0.4, 0.5) is 11.5 Å².